The van der Waals surface area contributed by atoms with E-state index in [1.807, 2.05) is 54.8 Å². The highest BCUT2D eigenvalue weighted by molar-refractivity contribution is 7.80. The molecule has 41 heavy (non-hydrogen) atoms. The molecular weight excluding hydrogens is 562 g/mol. The summed E-state index contributed by atoms with van der Waals surface area (Å²) in [7, 11) is 0. The molecule has 0 aliphatic rings. The van der Waals surface area contributed by atoms with Gasteiger partial charge in [-0.15, -0.1) is 10.2 Å². The van der Waals surface area contributed by atoms with E-state index in [0.717, 1.165) is 41.9 Å². The lowest BCUT2D eigenvalue weighted by atomic mass is 10.1. The van der Waals surface area contributed by atoms with Crippen LogP contribution >= 0.6 is 11.6 Å². The van der Waals surface area contributed by atoms with E-state index in [-0.39, 0.29) is 5.91 Å². The van der Waals surface area contributed by atoms with E-state index in [1.165, 1.54) is 0 Å². The number of rotatable bonds is 11. The van der Waals surface area contributed by atoms with Gasteiger partial charge in [0, 0.05) is 12.1 Å². The second-order valence-corrected chi connectivity index (χ2v) is 11.2. The van der Waals surface area contributed by atoms with Crippen LogP contribution in [0.15, 0.2) is 77.7 Å². The van der Waals surface area contributed by atoms with Gasteiger partial charge in [0.1, 0.15) is 16.5 Å². The molecule has 11 heteroatoms. The quantitative estimate of drug-likeness (QED) is 0.195. The summed E-state index contributed by atoms with van der Waals surface area (Å²) >= 11 is 4.57. The monoisotopic (exact) mass is 591 g/mol. The molecular formula is C30H30ClN5O4S. The first-order valence-corrected chi connectivity index (χ1v) is 14.6. The number of fused-ring (bicyclic) bond motifs is 1. The number of anilines is 1. The molecule has 2 aromatic heterocycles. The predicted octanol–water partition coefficient (Wildman–Crippen LogP) is 6.01. The topological polar surface area (TPSA) is 111 Å². The van der Waals surface area contributed by atoms with Crippen molar-refractivity contribution < 1.29 is 17.9 Å². The van der Waals surface area contributed by atoms with Crippen molar-refractivity contribution in [3.8, 4) is 11.5 Å². The lowest BCUT2D eigenvalue weighted by molar-refractivity contribution is -0.122. The highest BCUT2D eigenvalue weighted by Crippen LogP contribution is 2.22. The Balaban J connectivity index is 1.08. The third-order valence-electron chi connectivity index (χ3n) is 6.51. The van der Waals surface area contributed by atoms with Gasteiger partial charge in [-0.2, -0.15) is 0 Å². The number of nitrogens with zero attached hydrogens (tertiary/aromatic N) is 3. The summed E-state index contributed by atoms with van der Waals surface area (Å²) in [6, 6.07) is 21.7. The van der Waals surface area contributed by atoms with E-state index >= 15 is 0 Å². The Morgan fingerprint density at radius 2 is 1.66 bits per heavy atom. The molecule has 0 bridgehead atoms. The maximum atomic E-state index is 12.7. The Bertz CT molecular complexity index is 1660. The number of H-pyrrole nitrogens is 1. The van der Waals surface area contributed by atoms with E-state index < -0.39 is 17.2 Å². The van der Waals surface area contributed by atoms with E-state index in [2.05, 4.69) is 20.6 Å². The first kappa shape index (κ1) is 28.4. The molecule has 0 spiro atoms. The van der Waals surface area contributed by atoms with Crippen molar-refractivity contribution >= 4 is 39.9 Å². The molecule has 2 unspecified atom stereocenters. The molecule has 5 aromatic rings. The molecule has 2 N–H and O–H groups in total. The fourth-order valence-electron chi connectivity index (χ4n) is 4.19. The summed E-state index contributed by atoms with van der Waals surface area (Å²) < 4.78 is 25.6. The summed E-state index contributed by atoms with van der Waals surface area (Å²) in [5, 5.41) is 15.0. The van der Waals surface area contributed by atoms with Crippen LogP contribution in [0.2, 0.25) is 5.02 Å². The lowest BCUT2D eigenvalue weighted by Crippen LogP contribution is -2.30. The Kier molecular flexibility index (Phi) is 8.70. The second kappa shape index (κ2) is 12.6. The zero-order chi connectivity index (χ0) is 28.9. The largest absolute Gasteiger partial charge is 0.481 e. The van der Waals surface area contributed by atoms with Gasteiger partial charge in [0.05, 0.1) is 10.6 Å². The van der Waals surface area contributed by atoms with Crippen LogP contribution in [0, 0.1) is 13.8 Å². The van der Waals surface area contributed by atoms with Crippen molar-refractivity contribution in [3.63, 3.8) is 0 Å². The first-order chi connectivity index (χ1) is 19.8. The molecule has 2 heterocycles. The van der Waals surface area contributed by atoms with Crippen molar-refractivity contribution in [3.05, 3.63) is 100 Å². The van der Waals surface area contributed by atoms with Crippen molar-refractivity contribution in [2.24, 2.45) is 0 Å². The lowest BCUT2D eigenvalue weighted by Gasteiger charge is -2.15. The number of nitrogens with one attached hydrogen (secondary N) is 2. The van der Waals surface area contributed by atoms with Crippen LogP contribution in [0.3, 0.4) is 0 Å². The zero-order valence-electron chi connectivity index (χ0n) is 22.9. The van der Waals surface area contributed by atoms with E-state index in [0.29, 0.717) is 32.8 Å². The minimum Gasteiger partial charge on any atom is -0.481 e. The van der Waals surface area contributed by atoms with Gasteiger partial charge in [-0.1, -0.05) is 41.4 Å². The average molecular weight is 592 g/mol. The van der Waals surface area contributed by atoms with Gasteiger partial charge in [0.2, 0.25) is 11.1 Å². The number of carbonyl (C=O) groups excluding carboxylic acids is 1. The van der Waals surface area contributed by atoms with E-state index in [4.69, 9.17) is 20.5 Å². The standard InChI is InChI=1S/C30H30ClN5O4S/c1-19-7-13-25(14-8-19)40-41(38)26-17-15-24(16-18-26)39-21(3)30(37)32-23-11-9-22(10-12-23)5-4-6-27-33-34-29-28(31)20(2)35-36(27)29/h7-18,21,35H,4-6H2,1-3H3,(H,32,37). The number of aromatic nitrogens is 4. The maximum absolute atomic E-state index is 12.7. The molecule has 0 radical (unpaired) electrons. The molecule has 0 saturated carbocycles. The number of carbonyl (C=O) groups is 1. The minimum absolute atomic E-state index is 0.274. The van der Waals surface area contributed by atoms with Gasteiger partial charge in [-0.25, -0.2) is 8.72 Å². The van der Waals surface area contributed by atoms with Crippen LogP contribution in [0.25, 0.3) is 5.65 Å². The molecule has 0 aliphatic carbocycles. The van der Waals surface area contributed by atoms with Crippen molar-refractivity contribution in [2.75, 3.05) is 5.32 Å². The number of hydrogen-bond acceptors (Lipinski definition) is 6. The molecule has 1 amide bonds. The van der Waals surface area contributed by atoms with Gasteiger partial charge in [0.15, 0.2) is 17.6 Å². The number of aromatic amines is 1. The summed E-state index contributed by atoms with van der Waals surface area (Å²) in [5.74, 6) is 1.58. The van der Waals surface area contributed by atoms with Gasteiger partial charge in [-0.05, 0) is 87.7 Å². The third-order valence-corrected chi connectivity index (χ3v) is 7.97. The number of hydrogen-bond donors (Lipinski definition) is 2. The van der Waals surface area contributed by atoms with Crippen LogP contribution in [-0.2, 0) is 28.7 Å². The van der Waals surface area contributed by atoms with Gasteiger partial charge < -0.3 is 14.2 Å². The van der Waals surface area contributed by atoms with Gasteiger partial charge in [0.25, 0.3) is 5.91 Å². The number of amides is 1. The van der Waals surface area contributed by atoms with Crippen LogP contribution in [0.4, 0.5) is 5.69 Å². The van der Waals surface area contributed by atoms with Crippen molar-refractivity contribution in [1.29, 1.82) is 0 Å². The predicted molar refractivity (Wildman–Crippen MR) is 159 cm³/mol. The highest BCUT2D eigenvalue weighted by atomic mass is 35.5. The summed E-state index contributed by atoms with van der Waals surface area (Å²) in [5.41, 5.74) is 4.44. The molecule has 3 aromatic carbocycles. The molecule has 0 saturated heterocycles. The molecule has 0 fully saturated rings. The fraction of sp³-hybridized carbons (Fsp3) is 0.233. The van der Waals surface area contributed by atoms with E-state index in [9.17, 15) is 9.00 Å². The Morgan fingerprint density at radius 1 is 0.976 bits per heavy atom. The van der Waals surface area contributed by atoms with Crippen LogP contribution in [0.5, 0.6) is 11.5 Å². The van der Waals surface area contributed by atoms with Gasteiger partial charge >= 0.3 is 0 Å². The first-order valence-electron chi connectivity index (χ1n) is 13.2. The second-order valence-electron chi connectivity index (χ2n) is 9.73. The van der Waals surface area contributed by atoms with Crippen LogP contribution in [0.1, 0.15) is 36.0 Å². The smallest absolute Gasteiger partial charge is 0.265 e. The molecule has 9 nitrogen and oxygen atoms in total. The Labute approximate surface area is 245 Å². The summed E-state index contributed by atoms with van der Waals surface area (Å²) in [4.78, 5) is 13.2. The number of halogens is 1. The van der Waals surface area contributed by atoms with Crippen molar-refractivity contribution in [1.82, 2.24) is 19.8 Å². The van der Waals surface area contributed by atoms with Crippen molar-refractivity contribution in [2.45, 2.75) is 51.0 Å². The Morgan fingerprint density at radius 3 is 2.37 bits per heavy atom. The van der Waals surface area contributed by atoms with Gasteiger partial charge in [-0.3, -0.25) is 9.89 Å². The summed E-state index contributed by atoms with van der Waals surface area (Å²) in [6.45, 7) is 5.55. The summed E-state index contributed by atoms with van der Waals surface area (Å²) in [6.07, 6.45) is 1.76. The maximum Gasteiger partial charge on any atom is 0.265 e. The SMILES string of the molecule is Cc1ccc(OS(=O)c2ccc(OC(C)C(=O)Nc3ccc(CCCc4nnc5c(Cl)c(C)[nH]n45)cc3)cc2)cc1. The van der Waals surface area contributed by atoms with Crippen LogP contribution in [-0.4, -0.2) is 36.0 Å². The third kappa shape index (κ3) is 6.96. The molecule has 2 atom stereocenters. The highest BCUT2D eigenvalue weighted by Gasteiger charge is 2.16. The molecule has 0 aliphatic heterocycles. The normalized spacial score (nSPS) is 12.7. The molecule has 212 valence electrons. The van der Waals surface area contributed by atoms with E-state index in [1.54, 1.807) is 43.3 Å². The fourth-order valence-corrected chi connectivity index (χ4v) is 5.09. The average Bonchev–Trinajstić information content (AvgIpc) is 3.49. The van der Waals surface area contributed by atoms with Crippen LogP contribution < -0.4 is 14.2 Å². The molecule has 5 rings (SSSR count). The number of benzene rings is 3. The minimum atomic E-state index is -1.66. The number of ether oxygens (including phenoxy) is 1. The number of aryl methyl sites for hydroxylation is 4. The Hall–Kier alpha value is -4.15. The zero-order valence-corrected chi connectivity index (χ0v) is 24.5.